The molecule has 1 rings (SSSR count). The van der Waals surface area contributed by atoms with Crippen molar-refractivity contribution in [1.82, 2.24) is 0 Å². The smallest absolute Gasteiger partial charge is 0.132 e. The van der Waals surface area contributed by atoms with Crippen LogP contribution in [-0.4, -0.2) is 34.3 Å². The Kier molecular flexibility index (Phi) is 4.84. The molecule has 1 aliphatic carbocycles. The molecule has 0 aromatic rings. The minimum atomic E-state index is -3.68. The molecule has 0 aliphatic heterocycles. The van der Waals surface area contributed by atoms with E-state index in [2.05, 4.69) is 0 Å². The molecule has 1 fully saturated rings. The molecule has 0 heterocycles. The molecular weight excluding hydrogens is 214 g/mol. The molecular formula is C9H17BO4P-. The van der Waals surface area contributed by atoms with Gasteiger partial charge in [-0.1, -0.05) is 12.2 Å². The van der Waals surface area contributed by atoms with Crippen molar-refractivity contribution < 1.29 is 18.7 Å². The van der Waals surface area contributed by atoms with Crippen LogP contribution in [0.5, 0.6) is 0 Å². The van der Waals surface area contributed by atoms with Gasteiger partial charge in [-0.15, -0.1) is 0 Å². The van der Waals surface area contributed by atoms with Gasteiger partial charge < -0.3 is 18.7 Å². The summed E-state index contributed by atoms with van der Waals surface area (Å²) in [5.74, 6) is 0.173. The second-order valence-corrected chi connectivity index (χ2v) is 5.96. The third kappa shape index (κ3) is 4.69. The van der Waals surface area contributed by atoms with E-state index in [9.17, 15) is 9.46 Å². The van der Waals surface area contributed by atoms with Crippen molar-refractivity contribution >= 4 is 15.4 Å². The number of hydrogen-bond acceptors (Lipinski definition) is 4. The molecule has 6 heteroatoms. The molecule has 86 valence electrons. The highest BCUT2D eigenvalue weighted by atomic mass is 31.2. The van der Waals surface area contributed by atoms with Gasteiger partial charge in [0.1, 0.15) is 7.60 Å². The molecule has 0 spiro atoms. The molecule has 15 heavy (non-hydrogen) atoms. The van der Waals surface area contributed by atoms with E-state index in [0.29, 0.717) is 13.0 Å². The highest BCUT2D eigenvalue weighted by Gasteiger charge is 2.30. The van der Waals surface area contributed by atoms with Crippen molar-refractivity contribution in [1.29, 1.82) is 0 Å². The number of rotatable bonds is 4. The first kappa shape index (κ1) is 13.2. The molecule has 0 saturated heterocycles. The van der Waals surface area contributed by atoms with Crippen molar-refractivity contribution in [2.45, 2.75) is 31.2 Å². The zero-order chi connectivity index (χ0) is 11.5. The lowest BCUT2D eigenvalue weighted by Gasteiger charge is -2.37. The topological polar surface area (TPSA) is 58.6 Å². The lowest BCUT2D eigenvalue weighted by molar-refractivity contribution is -0.203. The van der Waals surface area contributed by atoms with E-state index in [-0.39, 0.29) is 17.8 Å². The van der Waals surface area contributed by atoms with Crippen LogP contribution < -0.4 is 4.89 Å². The normalized spacial score (nSPS) is 36.1. The molecule has 0 N–H and O–H groups in total. The fourth-order valence-corrected chi connectivity index (χ4v) is 2.75. The molecule has 0 amide bonds. The maximum Gasteiger partial charge on any atom is 0.132 e. The molecule has 0 bridgehead atoms. The minimum Gasteiger partial charge on any atom is -0.779 e. The Labute approximate surface area is 92.3 Å². The van der Waals surface area contributed by atoms with Gasteiger partial charge in [0.05, 0.1) is 20.6 Å². The van der Waals surface area contributed by atoms with E-state index >= 15 is 0 Å². The Morgan fingerprint density at radius 2 is 2.20 bits per heavy atom. The fourth-order valence-electron chi connectivity index (χ4n) is 2.00. The number of ether oxygens (including phenoxy) is 1. The molecule has 0 aromatic carbocycles. The van der Waals surface area contributed by atoms with Gasteiger partial charge in [-0.2, -0.15) is 0 Å². The lowest BCUT2D eigenvalue weighted by Crippen LogP contribution is -2.33. The fraction of sp³-hybridized carbons (Fsp3) is 1.00. The molecule has 1 aliphatic rings. The predicted octanol–water partition coefficient (Wildman–Crippen LogP) is 0.958. The number of hydrogen-bond donors (Lipinski definition) is 0. The molecule has 3 unspecified atom stereocenters. The van der Waals surface area contributed by atoms with E-state index in [1.54, 1.807) is 7.11 Å². The zero-order valence-electron chi connectivity index (χ0n) is 9.22. The van der Waals surface area contributed by atoms with E-state index in [1.807, 2.05) is 0 Å². The van der Waals surface area contributed by atoms with Crippen LogP contribution in [0.2, 0.25) is 5.82 Å². The Morgan fingerprint density at radius 1 is 1.53 bits per heavy atom. The number of methoxy groups -OCH3 is 1. The first-order valence-corrected chi connectivity index (χ1v) is 7.13. The van der Waals surface area contributed by atoms with Gasteiger partial charge in [-0.05, 0) is 12.8 Å². The van der Waals surface area contributed by atoms with E-state index in [1.165, 1.54) is 0 Å². The van der Waals surface area contributed by atoms with Gasteiger partial charge in [0.2, 0.25) is 0 Å². The van der Waals surface area contributed by atoms with Crippen molar-refractivity contribution in [2.75, 3.05) is 20.4 Å². The van der Waals surface area contributed by atoms with Crippen molar-refractivity contribution in [2.24, 2.45) is 5.92 Å². The second-order valence-electron chi connectivity index (χ2n) is 4.20. The van der Waals surface area contributed by atoms with E-state index < -0.39 is 7.60 Å². The largest absolute Gasteiger partial charge is 0.779 e. The Hall–Kier alpha value is 0.175. The zero-order valence-corrected chi connectivity index (χ0v) is 10.1. The summed E-state index contributed by atoms with van der Waals surface area (Å²) in [6.45, 7) is 1.62. The van der Waals surface area contributed by atoms with Crippen molar-refractivity contribution in [3.05, 3.63) is 0 Å². The quantitative estimate of drug-likeness (QED) is 0.534. The van der Waals surface area contributed by atoms with E-state index in [0.717, 1.165) is 19.5 Å². The monoisotopic (exact) mass is 231 g/mol. The third-order valence-electron chi connectivity index (χ3n) is 2.68. The van der Waals surface area contributed by atoms with Gasteiger partial charge in [0, 0.05) is 19.7 Å². The maximum absolute atomic E-state index is 11.1. The summed E-state index contributed by atoms with van der Waals surface area (Å²) < 4.78 is 21.2. The summed E-state index contributed by atoms with van der Waals surface area (Å²) in [5, 5.41) is 0. The first-order chi connectivity index (χ1) is 6.92. The molecule has 4 atom stereocenters. The molecule has 1 saturated carbocycles. The second kappa shape index (κ2) is 5.49. The Morgan fingerprint density at radius 3 is 2.73 bits per heavy atom. The first-order valence-electron chi connectivity index (χ1n) is 5.14. The van der Waals surface area contributed by atoms with E-state index in [4.69, 9.17) is 17.1 Å². The molecule has 4 nitrogen and oxygen atoms in total. The van der Waals surface area contributed by atoms with Crippen LogP contribution in [0.4, 0.5) is 0 Å². The average molecular weight is 231 g/mol. The molecule has 0 aromatic heterocycles. The van der Waals surface area contributed by atoms with Crippen LogP contribution in [0.25, 0.3) is 0 Å². The highest BCUT2D eigenvalue weighted by molar-refractivity contribution is 7.50. The molecule has 2 radical (unpaired) electrons. The summed E-state index contributed by atoms with van der Waals surface area (Å²) >= 11 is 0. The summed E-state index contributed by atoms with van der Waals surface area (Å²) in [7, 11) is 3.71. The lowest BCUT2D eigenvalue weighted by atomic mass is 9.71. The van der Waals surface area contributed by atoms with Crippen LogP contribution in [0.3, 0.4) is 0 Å². The van der Waals surface area contributed by atoms with Crippen LogP contribution in [0, 0.1) is 5.92 Å². The SMILES string of the molecule is [B][C@H]1CCC(COC)C(OP(C)(=O)[O-])C1. The summed E-state index contributed by atoms with van der Waals surface area (Å²) in [6.07, 6.45) is 2.04. The Balaban J connectivity index is 2.57. The van der Waals surface area contributed by atoms with Gasteiger partial charge in [-0.25, -0.2) is 0 Å². The van der Waals surface area contributed by atoms with Crippen LogP contribution >= 0.6 is 7.60 Å². The van der Waals surface area contributed by atoms with Gasteiger partial charge in [0.15, 0.2) is 0 Å². The summed E-state index contributed by atoms with van der Waals surface area (Å²) in [6, 6.07) is 0. The van der Waals surface area contributed by atoms with Crippen LogP contribution in [0.15, 0.2) is 0 Å². The standard InChI is InChI=1S/C9H18BO4P/c1-13-6-7-3-4-8(10)5-9(7)14-15(2,11)12/h7-9H,3-6H2,1-2H3,(H,11,12)/p-1/t7?,8-,9?/m0/s1. The third-order valence-corrected chi connectivity index (χ3v) is 3.33. The van der Waals surface area contributed by atoms with Crippen molar-refractivity contribution in [3.63, 3.8) is 0 Å². The predicted molar refractivity (Wildman–Crippen MR) is 57.1 cm³/mol. The minimum absolute atomic E-state index is 0.0367. The summed E-state index contributed by atoms with van der Waals surface area (Å²) in [4.78, 5) is 11.1. The maximum atomic E-state index is 11.1. The van der Waals surface area contributed by atoms with Gasteiger partial charge in [-0.3, -0.25) is 0 Å². The highest BCUT2D eigenvalue weighted by Crippen LogP contribution is 2.42. The Bertz CT molecular complexity index is 242. The van der Waals surface area contributed by atoms with Crippen LogP contribution in [-0.2, 0) is 13.8 Å². The summed E-state index contributed by atoms with van der Waals surface area (Å²) in [5.41, 5.74) is 0. The van der Waals surface area contributed by atoms with Crippen molar-refractivity contribution in [3.8, 4) is 0 Å². The van der Waals surface area contributed by atoms with Gasteiger partial charge in [0.25, 0.3) is 0 Å². The average Bonchev–Trinajstić information content (AvgIpc) is 2.07. The van der Waals surface area contributed by atoms with Gasteiger partial charge >= 0.3 is 0 Å². The van der Waals surface area contributed by atoms with Crippen LogP contribution in [0.1, 0.15) is 19.3 Å².